The molecule has 1 unspecified atom stereocenters. The van der Waals surface area contributed by atoms with E-state index in [0.29, 0.717) is 19.4 Å². The summed E-state index contributed by atoms with van der Waals surface area (Å²) < 4.78 is 5.05. The average molecular weight is 289 g/mol. The van der Waals surface area contributed by atoms with Gasteiger partial charge in [0, 0.05) is 6.54 Å². The Bertz CT molecular complexity index is 379. The van der Waals surface area contributed by atoms with Crippen molar-refractivity contribution >= 4 is 17.9 Å². The topological polar surface area (TPSA) is 180 Å². The van der Waals surface area contributed by atoms with Crippen molar-refractivity contribution in [1.29, 1.82) is 0 Å². The van der Waals surface area contributed by atoms with Gasteiger partial charge in [-0.05, 0) is 26.7 Å². The molecule has 9 heteroatoms. The highest BCUT2D eigenvalue weighted by Crippen LogP contribution is 2.15. The van der Waals surface area contributed by atoms with Gasteiger partial charge < -0.3 is 32.8 Å². The van der Waals surface area contributed by atoms with Gasteiger partial charge in [0.15, 0.2) is 5.96 Å². The number of guanidine groups is 1. The number of ether oxygens (including phenoxy) is 1. The third kappa shape index (κ3) is 6.34. The van der Waals surface area contributed by atoms with Gasteiger partial charge in [0.2, 0.25) is 0 Å². The molecule has 0 bridgehead atoms. The van der Waals surface area contributed by atoms with Crippen LogP contribution < -0.4 is 22.9 Å². The molecule has 0 saturated heterocycles. The zero-order valence-electron chi connectivity index (χ0n) is 11.7. The second-order valence-corrected chi connectivity index (χ2v) is 4.90. The summed E-state index contributed by atoms with van der Waals surface area (Å²) in [5, 5.41) is 8.81. The van der Waals surface area contributed by atoms with Crippen LogP contribution in [0.5, 0.6) is 0 Å². The van der Waals surface area contributed by atoms with E-state index in [0.717, 1.165) is 0 Å². The predicted octanol–water partition coefficient (Wildman–Crippen LogP) is -1.90. The Morgan fingerprint density at radius 2 is 1.85 bits per heavy atom. The number of carbonyl (C=O) groups is 2. The van der Waals surface area contributed by atoms with E-state index in [1.54, 1.807) is 0 Å². The molecule has 0 aromatic rings. The van der Waals surface area contributed by atoms with E-state index in [9.17, 15) is 9.59 Å². The summed E-state index contributed by atoms with van der Waals surface area (Å²) in [4.78, 5) is 26.3. The van der Waals surface area contributed by atoms with Crippen molar-refractivity contribution in [3.05, 3.63) is 0 Å². The van der Waals surface area contributed by atoms with Crippen LogP contribution in [0.4, 0.5) is 0 Å². The Kier molecular flexibility index (Phi) is 6.94. The van der Waals surface area contributed by atoms with Crippen LogP contribution in [0.2, 0.25) is 0 Å². The Morgan fingerprint density at radius 3 is 2.30 bits per heavy atom. The molecule has 0 radical (unpaired) electrons. The van der Waals surface area contributed by atoms with E-state index in [2.05, 4.69) is 4.99 Å². The highest BCUT2D eigenvalue weighted by Gasteiger charge is 2.36. The minimum absolute atomic E-state index is 0.0327. The lowest BCUT2D eigenvalue weighted by atomic mass is 9.99. The maximum atomic E-state index is 11.7. The summed E-state index contributed by atoms with van der Waals surface area (Å²) in [6.45, 7) is 3.17. The van der Waals surface area contributed by atoms with Gasteiger partial charge in [0.1, 0.15) is 17.7 Å². The maximum Gasteiger partial charge on any atom is 0.324 e. The number of carboxylic acids is 1. The number of carboxylic acid groups (broad SMARTS) is 1. The number of nitrogens with two attached hydrogens (primary N) is 4. The van der Waals surface area contributed by atoms with Crippen LogP contribution >= 0.6 is 0 Å². The van der Waals surface area contributed by atoms with Gasteiger partial charge in [0.05, 0.1) is 0 Å². The average Bonchev–Trinajstić information content (AvgIpc) is 2.32. The molecule has 0 amide bonds. The number of aliphatic imine (C=N–C) groups is 1. The molecule has 0 aliphatic heterocycles. The molecular formula is C11H23N5O4. The van der Waals surface area contributed by atoms with Crippen molar-refractivity contribution in [2.45, 2.75) is 44.4 Å². The van der Waals surface area contributed by atoms with E-state index in [1.165, 1.54) is 13.8 Å². The van der Waals surface area contributed by atoms with Gasteiger partial charge >= 0.3 is 11.9 Å². The van der Waals surface area contributed by atoms with Crippen LogP contribution in [0.1, 0.15) is 26.7 Å². The van der Waals surface area contributed by atoms with Gasteiger partial charge in [0.25, 0.3) is 0 Å². The molecule has 20 heavy (non-hydrogen) atoms. The summed E-state index contributed by atoms with van der Waals surface area (Å²) in [6, 6.07) is -2.22. The highest BCUT2D eigenvalue weighted by molar-refractivity contribution is 5.78. The zero-order chi connectivity index (χ0) is 15.9. The van der Waals surface area contributed by atoms with E-state index >= 15 is 0 Å². The minimum Gasteiger partial charge on any atom is -0.480 e. The van der Waals surface area contributed by atoms with Crippen LogP contribution in [-0.4, -0.2) is 47.2 Å². The van der Waals surface area contributed by atoms with Gasteiger partial charge in [-0.2, -0.15) is 0 Å². The lowest BCUT2D eigenvalue weighted by molar-refractivity contribution is -0.164. The molecule has 0 aromatic heterocycles. The summed E-state index contributed by atoms with van der Waals surface area (Å²) >= 11 is 0. The molecule has 0 saturated carbocycles. The van der Waals surface area contributed by atoms with Crippen molar-refractivity contribution in [2.75, 3.05) is 6.54 Å². The Labute approximate surface area is 117 Å². The van der Waals surface area contributed by atoms with Crippen molar-refractivity contribution in [1.82, 2.24) is 0 Å². The molecule has 0 rings (SSSR count). The number of esters is 1. The van der Waals surface area contributed by atoms with E-state index in [4.69, 9.17) is 32.8 Å². The normalized spacial score (nSPS) is 14.2. The fraction of sp³-hybridized carbons (Fsp3) is 0.727. The molecule has 0 aromatic carbocycles. The monoisotopic (exact) mass is 289 g/mol. The quantitative estimate of drug-likeness (QED) is 0.149. The van der Waals surface area contributed by atoms with Crippen molar-refractivity contribution in [3.8, 4) is 0 Å². The van der Waals surface area contributed by atoms with Crippen LogP contribution in [-0.2, 0) is 14.3 Å². The molecule has 0 aliphatic carbocycles. The number of carbonyl (C=O) groups excluding carboxylic acids is 1. The maximum absolute atomic E-state index is 11.7. The smallest absolute Gasteiger partial charge is 0.324 e. The SMILES string of the molecule is CC(C)(OC(=O)[C@@H](N)CCCN=C(N)N)C(N)C(=O)O. The first kappa shape index (κ1) is 18.1. The molecule has 0 fully saturated rings. The molecule has 9 nitrogen and oxygen atoms in total. The predicted molar refractivity (Wildman–Crippen MR) is 73.7 cm³/mol. The number of aliphatic carboxylic acids is 1. The van der Waals surface area contributed by atoms with Crippen LogP contribution in [0, 0.1) is 0 Å². The molecule has 2 atom stereocenters. The molecule has 0 spiro atoms. The lowest BCUT2D eigenvalue weighted by Crippen LogP contribution is -2.53. The summed E-state index contributed by atoms with van der Waals surface area (Å²) in [5.74, 6) is -2.00. The highest BCUT2D eigenvalue weighted by atomic mass is 16.6. The third-order valence-electron chi connectivity index (χ3n) is 2.65. The minimum atomic E-state index is -1.35. The van der Waals surface area contributed by atoms with Crippen LogP contribution in [0.25, 0.3) is 0 Å². The van der Waals surface area contributed by atoms with E-state index in [1.807, 2.05) is 0 Å². The number of hydrogen-bond acceptors (Lipinski definition) is 6. The summed E-state index contributed by atoms with van der Waals surface area (Å²) in [6.07, 6.45) is 0.813. The van der Waals surface area contributed by atoms with Crippen molar-refractivity contribution in [3.63, 3.8) is 0 Å². The third-order valence-corrected chi connectivity index (χ3v) is 2.65. The van der Waals surface area contributed by atoms with Gasteiger partial charge in [-0.15, -0.1) is 0 Å². The second-order valence-electron chi connectivity index (χ2n) is 4.90. The van der Waals surface area contributed by atoms with E-state index in [-0.39, 0.29) is 5.96 Å². The van der Waals surface area contributed by atoms with Gasteiger partial charge in [-0.25, -0.2) is 0 Å². The standard InChI is InChI=1S/C11H23N5O4/c1-11(2,7(13)8(17)18)20-9(19)6(12)4-3-5-16-10(14)15/h6-7H,3-5,12-13H2,1-2H3,(H,17,18)(H4,14,15,16)/t6-,7?/m0/s1. The van der Waals surface area contributed by atoms with Crippen molar-refractivity contribution in [2.24, 2.45) is 27.9 Å². The fourth-order valence-electron chi connectivity index (χ4n) is 1.33. The van der Waals surface area contributed by atoms with E-state index < -0.39 is 29.6 Å². The van der Waals surface area contributed by atoms with Gasteiger partial charge in [-0.1, -0.05) is 0 Å². The Morgan fingerprint density at radius 1 is 1.30 bits per heavy atom. The fourth-order valence-corrected chi connectivity index (χ4v) is 1.33. The molecular weight excluding hydrogens is 266 g/mol. The first-order valence-corrected chi connectivity index (χ1v) is 6.10. The largest absolute Gasteiger partial charge is 0.480 e. The Hall–Kier alpha value is -1.87. The first-order chi connectivity index (χ1) is 9.08. The summed E-state index contributed by atoms with van der Waals surface area (Å²) in [5.41, 5.74) is 20.0. The molecule has 0 aliphatic rings. The Balaban J connectivity index is 4.32. The number of nitrogens with zero attached hydrogens (tertiary/aromatic N) is 1. The summed E-state index contributed by atoms with van der Waals surface area (Å²) in [7, 11) is 0. The lowest BCUT2D eigenvalue weighted by Gasteiger charge is -2.29. The van der Waals surface area contributed by atoms with Crippen molar-refractivity contribution < 1.29 is 19.4 Å². The van der Waals surface area contributed by atoms with Gasteiger partial charge in [-0.3, -0.25) is 14.6 Å². The molecule has 116 valence electrons. The van der Waals surface area contributed by atoms with Crippen LogP contribution in [0.15, 0.2) is 4.99 Å². The molecule has 0 heterocycles. The first-order valence-electron chi connectivity index (χ1n) is 6.10. The van der Waals surface area contributed by atoms with Crippen LogP contribution in [0.3, 0.4) is 0 Å². The number of rotatable bonds is 8. The number of hydrogen-bond donors (Lipinski definition) is 5. The zero-order valence-corrected chi connectivity index (χ0v) is 11.7. The second kappa shape index (κ2) is 7.65. The molecule has 9 N–H and O–H groups in total.